The number of nitrogens with zero attached hydrogens (tertiary/aromatic N) is 2. The first-order valence-corrected chi connectivity index (χ1v) is 7.71. The molecule has 1 aromatic carbocycles. The Kier molecular flexibility index (Phi) is 3.81. The quantitative estimate of drug-likeness (QED) is 0.828. The third kappa shape index (κ3) is 2.74. The Hall–Kier alpha value is -1.33. The molecule has 1 aliphatic heterocycles. The SMILES string of the molecule is CN1CCCC(Nc2ccc(N)c3cc(Br)cnc23)C1. The third-order valence-electron chi connectivity index (χ3n) is 3.83. The number of hydrogen-bond donors (Lipinski definition) is 2. The molecule has 2 aromatic rings. The molecule has 1 aromatic heterocycles. The second kappa shape index (κ2) is 5.58. The number of rotatable bonds is 2. The van der Waals surface area contributed by atoms with Crippen LogP contribution in [0.25, 0.3) is 10.9 Å². The number of nitrogens with two attached hydrogens (primary N) is 1. The normalized spacial score (nSPS) is 20.2. The second-order valence-corrected chi connectivity index (χ2v) is 6.41. The monoisotopic (exact) mass is 334 g/mol. The Labute approximate surface area is 127 Å². The number of benzene rings is 1. The van der Waals surface area contributed by atoms with Crippen LogP contribution in [0, 0.1) is 0 Å². The van der Waals surface area contributed by atoms with Crippen LogP contribution in [0.1, 0.15) is 12.8 Å². The zero-order valence-electron chi connectivity index (χ0n) is 11.6. The van der Waals surface area contributed by atoms with Crippen LogP contribution in [0.5, 0.6) is 0 Å². The second-order valence-electron chi connectivity index (χ2n) is 5.50. The lowest BCUT2D eigenvalue weighted by atomic mass is 10.1. The largest absolute Gasteiger partial charge is 0.398 e. The molecule has 0 bridgehead atoms. The number of nitrogens with one attached hydrogen (secondary N) is 1. The van der Waals surface area contributed by atoms with E-state index in [4.69, 9.17) is 5.73 Å². The molecule has 106 valence electrons. The molecule has 0 saturated carbocycles. The molecule has 1 atom stereocenters. The number of pyridine rings is 1. The van der Waals surface area contributed by atoms with Crippen molar-refractivity contribution >= 4 is 38.2 Å². The highest BCUT2D eigenvalue weighted by atomic mass is 79.9. The molecule has 20 heavy (non-hydrogen) atoms. The third-order valence-corrected chi connectivity index (χ3v) is 4.27. The lowest BCUT2D eigenvalue weighted by Gasteiger charge is -2.31. The van der Waals surface area contributed by atoms with Crippen molar-refractivity contribution in [1.82, 2.24) is 9.88 Å². The summed E-state index contributed by atoms with van der Waals surface area (Å²) in [5, 5.41) is 4.62. The predicted molar refractivity (Wildman–Crippen MR) is 88.0 cm³/mol. The van der Waals surface area contributed by atoms with E-state index in [9.17, 15) is 0 Å². The number of hydrogen-bond acceptors (Lipinski definition) is 4. The van der Waals surface area contributed by atoms with Crippen molar-refractivity contribution in [3.05, 3.63) is 28.9 Å². The first-order valence-electron chi connectivity index (χ1n) is 6.92. The zero-order valence-corrected chi connectivity index (χ0v) is 13.2. The maximum atomic E-state index is 6.05. The van der Waals surface area contributed by atoms with E-state index in [1.165, 1.54) is 19.4 Å². The van der Waals surface area contributed by atoms with Gasteiger partial charge >= 0.3 is 0 Å². The van der Waals surface area contributed by atoms with E-state index in [1.54, 1.807) is 0 Å². The fourth-order valence-electron chi connectivity index (χ4n) is 2.84. The van der Waals surface area contributed by atoms with Gasteiger partial charge in [0.25, 0.3) is 0 Å². The van der Waals surface area contributed by atoms with E-state index < -0.39 is 0 Å². The van der Waals surface area contributed by atoms with Crippen molar-refractivity contribution in [2.75, 3.05) is 31.2 Å². The number of anilines is 2. The van der Waals surface area contributed by atoms with Crippen molar-refractivity contribution in [2.45, 2.75) is 18.9 Å². The molecule has 2 heterocycles. The number of piperidine rings is 1. The van der Waals surface area contributed by atoms with E-state index >= 15 is 0 Å². The van der Waals surface area contributed by atoms with Gasteiger partial charge in [0.15, 0.2) is 0 Å². The standard InChI is InChI=1S/C15H19BrN4/c1-20-6-2-3-11(9-20)19-14-5-4-13(17)12-7-10(16)8-18-15(12)14/h4-5,7-8,11,19H,2-3,6,9,17H2,1H3. The van der Waals surface area contributed by atoms with Gasteiger partial charge in [-0.25, -0.2) is 0 Å². The van der Waals surface area contributed by atoms with Gasteiger partial charge in [-0.2, -0.15) is 0 Å². The van der Waals surface area contributed by atoms with Crippen molar-refractivity contribution in [2.24, 2.45) is 0 Å². The minimum absolute atomic E-state index is 0.478. The molecular formula is C15H19BrN4. The van der Waals surface area contributed by atoms with Crippen LogP contribution < -0.4 is 11.1 Å². The van der Waals surface area contributed by atoms with Crippen molar-refractivity contribution < 1.29 is 0 Å². The Morgan fingerprint density at radius 2 is 2.30 bits per heavy atom. The maximum absolute atomic E-state index is 6.05. The van der Waals surface area contributed by atoms with E-state index in [2.05, 4.69) is 38.2 Å². The predicted octanol–water partition coefficient (Wildman–Crippen LogP) is 3.09. The molecule has 1 unspecified atom stereocenters. The molecule has 0 aliphatic carbocycles. The maximum Gasteiger partial charge on any atom is 0.0954 e. The molecule has 5 heteroatoms. The summed E-state index contributed by atoms with van der Waals surface area (Å²) in [6.45, 7) is 2.26. The van der Waals surface area contributed by atoms with Crippen molar-refractivity contribution in [1.29, 1.82) is 0 Å². The molecule has 4 nitrogen and oxygen atoms in total. The zero-order chi connectivity index (χ0) is 14.1. The number of likely N-dealkylation sites (N-methyl/N-ethyl adjacent to an activating group) is 1. The van der Waals surface area contributed by atoms with Gasteiger partial charge in [-0.3, -0.25) is 4.98 Å². The topological polar surface area (TPSA) is 54.2 Å². The van der Waals surface area contributed by atoms with Crippen LogP contribution >= 0.6 is 15.9 Å². The molecule has 0 radical (unpaired) electrons. The lowest BCUT2D eigenvalue weighted by Crippen LogP contribution is -2.39. The van der Waals surface area contributed by atoms with Gasteiger partial charge in [-0.05, 0) is 60.6 Å². The number of nitrogen functional groups attached to an aromatic ring is 1. The average Bonchev–Trinajstić information content (AvgIpc) is 2.42. The first-order chi connectivity index (χ1) is 9.63. The molecule has 1 aliphatic rings. The van der Waals surface area contributed by atoms with Gasteiger partial charge in [0, 0.05) is 34.3 Å². The summed E-state index contributed by atoms with van der Waals surface area (Å²) in [5.74, 6) is 0. The Balaban J connectivity index is 1.93. The smallest absolute Gasteiger partial charge is 0.0954 e. The summed E-state index contributed by atoms with van der Waals surface area (Å²) in [4.78, 5) is 6.89. The number of aromatic nitrogens is 1. The fraction of sp³-hybridized carbons (Fsp3) is 0.400. The molecular weight excluding hydrogens is 316 g/mol. The van der Waals surface area contributed by atoms with Gasteiger partial charge in [0.1, 0.15) is 0 Å². The minimum atomic E-state index is 0.478. The summed E-state index contributed by atoms with van der Waals surface area (Å²) < 4.78 is 0.950. The Morgan fingerprint density at radius 3 is 3.10 bits per heavy atom. The molecule has 1 saturated heterocycles. The van der Waals surface area contributed by atoms with Gasteiger partial charge in [0.2, 0.25) is 0 Å². The van der Waals surface area contributed by atoms with E-state index in [1.807, 2.05) is 24.4 Å². The average molecular weight is 335 g/mol. The molecule has 1 fully saturated rings. The van der Waals surface area contributed by atoms with Crippen LogP contribution in [0.15, 0.2) is 28.9 Å². The summed E-state index contributed by atoms with van der Waals surface area (Å²) in [6, 6.07) is 6.49. The summed E-state index contributed by atoms with van der Waals surface area (Å²) in [6.07, 6.45) is 4.26. The highest BCUT2D eigenvalue weighted by Gasteiger charge is 2.18. The molecule has 0 spiro atoms. The van der Waals surface area contributed by atoms with E-state index in [-0.39, 0.29) is 0 Å². The number of halogens is 1. The van der Waals surface area contributed by atoms with Crippen LogP contribution in [-0.4, -0.2) is 36.1 Å². The van der Waals surface area contributed by atoms with Gasteiger partial charge < -0.3 is 16.0 Å². The highest BCUT2D eigenvalue weighted by molar-refractivity contribution is 9.10. The Morgan fingerprint density at radius 1 is 1.45 bits per heavy atom. The van der Waals surface area contributed by atoms with Crippen molar-refractivity contribution in [3.8, 4) is 0 Å². The highest BCUT2D eigenvalue weighted by Crippen LogP contribution is 2.29. The molecule has 0 amide bonds. The fourth-order valence-corrected chi connectivity index (χ4v) is 3.17. The summed E-state index contributed by atoms with van der Waals surface area (Å²) >= 11 is 3.45. The van der Waals surface area contributed by atoms with E-state index in [0.29, 0.717) is 6.04 Å². The van der Waals surface area contributed by atoms with Gasteiger partial charge in [-0.1, -0.05) is 0 Å². The number of likely N-dealkylation sites (tertiary alicyclic amines) is 1. The first kappa shape index (κ1) is 13.6. The Bertz CT molecular complexity index is 629. The van der Waals surface area contributed by atoms with Gasteiger partial charge in [0.05, 0.1) is 11.2 Å². The molecule has 3 N–H and O–H groups in total. The number of fused-ring (bicyclic) bond motifs is 1. The van der Waals surface area contributed by atoms with Crippen LogP contribution in [0.2, 0.25) is 0 Å². The van der Waals surface area contributed by atoms with E-state index in [0.717, 1.165) is 33.3 Å². The molecule has 3 rings (SSSR count). The van der Waals surface area contributed by atoms with Crippen LogP contribution in [0.4, 0.5) is 11.4 Å². The van der Waals surface area contributed by atoms with Crippen LogP contribution in [0.3, 0.4) is 0 Å². The summed E-state index contributed by atoms with van der Waals surface area (Å²) in [5.41, 5.74) is 8.83. The lowest BCUT2D eigenvalue weighted by molar-refractivity contribution is 0.261. The van der Waals surface area contributed by atoms with Crippen molar-refractivity contribution in [3.63, 3.8) is 0 Å². The minimum Gasteiger partial charge on any atom is -0.398 e. The van der Waals surface area contributed by atoms with Crippen LogP contribution in [-0.2, 0) is 0 Å². The summed E-state index contributed by atoms with van der Waals surface area (Å²) in [7, 11) is 2.17. The van der Waals surface area contributed by atoms with Gasteiger partial charge in [-0.15, -0.1) is 0 Å².